The number of aliphatic hydroxyl groups is 1. The van der Waals surface area contributed by atoms with Gasteiger partial charge in [0.05, 0.1) is 25.4 Å². The first-order valence-corrected chi connectivity index (χ1v) is 11.5. The van der Waals surface area contributed by atoms with E-state index in [0.29, 0.717) is 28.6 Å². The van der Waals surface area contributed by atoms with Crippen LogP contribution in [0.15, 0.2) is 5.16 Å². The number of rotatable bonds is 9. The number of fused-ring (bicyclic) bond motifs is 2. The highest BCUT2D eigenvalue weighted by Gasteiger charge is 2.56. The van der Waals surface area contributed by atoms with Gasteiger partial charge in [-0.2, -0.15) is 0 Å². The Hall–Kier alpha value is -1.53. The summed E-state index contributed by atoms with van der Waals surface area (Å²) in [5.41, 5.74) is 1.33. The topological polar surface area (TPSA) is 116 Å². The summed E-state index contributed by atoms with van der Waals surface area (Å²) < 4.78 is 20.1. The second-order valence-electron chi connectivity index (χ2n) is 7.94. The molecule has 30 heavy (non-hydrogen) atoms. The lowest BCUT2D eigenvalue weighted by molar-refractivity contribution is -0.171. The molecular formula is C19H30N6O4S. The van der Waals surface area contributed by atoms with Crippen LogP contribution in [0.25, 0.3) is 11.2 Å². The summed E-state index contributed by atoms with van der Waals surface area (Å²) in [5.74, 6) is 0.922. The fourth-order valence-electron chi connectivity index (χ4n) is 4.10. The van der Waals surface area contributed by atoms with E-state index >= 15 is 0 Å². The van der Waals surface area contributed by atoms with E-state index in [0.717, 1.165) is 18.7 Å². The number of hydrogen-bond donors (Lipinski definition) is 2. The molecule has 0 spiro atoms. The Kier molecular flexibility index (Phi) is 6.44. The van der Waals surface area contributed by atoms with Gasteiger partial charge < -0.3 is 24.6 Å². The molecule has 1 aliphatic carbocycles. The molecule has 3 heterocycles. The lowest BCUT2D eigenvalue weighted by Gasteiger charge is -2.23. The van der Waals surface area contributed by atoms with Gasteiger partial charge in [-0.25, -0.2) is 14.6 Å². The lowest BCUT2D eigenvalue weighted by Crippen LogP contribution is -2.31. The van der Waals surface area contributed by atoms with Gasteiger partial charge in [0.25, 0.3) is 0 Å². The molecular weight excluding hydrogens is 408 g/mol. The lowest BCUT2D eigenvalue weighted by atomic mass is 10.2. The van der Waals surface area contributed by atoms with Crippen LogP contribution < -0.4 is 5.32 Å². The average molecular weight is 439 g/mol. The molecule has 0 radical (unpaired) electrons. The van der Waals surface area contributed by atoms with E-state index in [1.54, 1.807) is 11.8 Å². The summed E-state index contributed by atoms with van der Waals surface area (Å²) in [7, 11) is 0. The number of nitrogens with zero attached hydrogens (tertiary/aromatic N) is 5. The third kappa shape index (κ3) is 4.13. The normalized spacial score (nSPS) is 27.6. The van der Waals surface area contributed by atoms with Crippen LogP contribution in [0.1, 0.15) is 46.6 Å². The minimum Gasteiger partial charge on any atom is -0.394 e. The summed E-state index contributed by atoms with van der Waals surface area (Å²) in [6.45, 7) is 8.90. The maximum atomic E-state index is 9.19. The van der Waals surface area contributed by atoms with Gasteiger partial charge in [-0.3, -0.25) is 0 Å². The van der Waals surface area contributed by atoms with Crippen LogP contribution in [-0.2, 0) is 14.2 Å². The van der Waals surface area contributed by atoms with Gasteiger partial charge in [0.15, 0.2) is 27.9 Å². The van der Waals surface area contributed by atoms with Gasteiger partial charge >= 0.3 is 0 Å². The molecule has 4 atom stereocenters. The highest BCUT2D eigenvalue weighted by atomic mass is 32.2. The van der Waals surface area contributed by atoms with Gasteiger partial charge in [0, 0.05) is 18.7 Å². The smallest absolute Gasteiger partial charge is 0.191 e. The Morgan fingerprint density at radius 2 is 2.07 bits per heavy atom. The predicted molar refractivity (Wildman–Crippen MR) is 113 cm³/mol. The highest BCUT2D eigenvalue weighted by Crippen LogP contribution is 2.45. The molecule has 0 bridgehead atoms. The zero-order valence-electron chi connectivity index (χ0n) is 17.9. The summed E-state index contributed by atoms with van der Waals surface area (Å²) >= 11 is 1.62. The van der Waals surface area contributed by atoms with Crippen molar-refractivity contribution in [3.8, 4) is 0 Å². The van der Waals surface area contributed by atoms with Gasteiger partial charge in [0.2, 0.25) is 0 Å². The van der Waals surface area contributed by atoms with Crippen molar-refractivity contribution in [1.29, 1.82) is 0 Å². The number of aromatic nitrogens is 5. The average Bonchev–Trinajstić information content (AvgIpc) is 3.36. The molecule has 11 heteroatoms. The second-order valence-corrected chi connectivity index (χ2v) is 9.00. The molecule has 1 saturated carbocycles. The number of anilines is 1. The number of hydrogen-bond acceptors (Lipinski definition) is 10. The molecule has 166 valence electrons. The van der Waals surface area contributed by atoms with Crippen molar-refractivity contribution in [1.82, 2.24) is 25.0 Å². The maximum absolute atomic E-state index is 9.19. The quantitative estimate of drug-likeness (QED) is 0.445. The van der Waals surface area contributed by atoms with Crippen LogP contribution in [-0.4, -0.2) is 79.7 Å². The van der Waals surface area contributed by atoms with Crippen LogP contribution in [0.2, 0.25) is 0 Å². The number of aliphatic hydroxyl groups excluding tert-OH is 1. The van der Waals surface area contributed by atoms with Crippen LogP contribution in [0, 0.1) is 0 Å². The summed E-state index contributed by atoms with van der Waals surface area (Å²) in [4.78, 5) is 9.40. The molecule has 2 fully saturated rings. The van der Waals surface area contributed by atoms with E-state index in [2.05, 4.69) is 27.5 Å². The molecule has 1 saturated heterocycles. The molecule has 2 aromatic rings. The largest absolute Gasteiger partial charge is 0.394 e. The van der Waals surface area contributed by atoms with E-state index in [4.69, 9.17) is 19.2 Å². The Labute approximate surface area is 180 Å². The SMILES string of the molecule is CCCSc1nc(NCC)c2nnn(C3CC(OCCO)C4OC(C)(C)OC43)c2n1. The van der Waals surface area contributed by atoms with E-state index in [1.807, 2.05) is 25.5 Å². The monoisotopic (exact) mass is 438 g/mol. The Bertz CT molecular complexity index is 878. The van der Waals surface area contributed by atoms with Crippen molar-refractivity contribution in [3.63, 3.8) is 0 Å². The molecule has 4 unspecified atom stereocenters. The number of thioether (sulfide) groups is 1. The molecule has 4 rings (SSSR count). The first-order valence-electron chi connectivity index (χ1n) is 10.5. The molecule has 2 aromatic heterocycles. The standard InChI is InChI=1S/C19H30N6O4S/c1-5-9-30-18-21-16(20-6-2)13-17(22-18)25(24-23-13)11-10-12(27-8-7-26)15-14(11)28-19(3,4)29-15/h11-12,14-15,26H,5-10H2,1-4H3,(H,20,21,22). The Balaban J connectivity index is 1.71. The van der Waals surface area contributed by atoms with Crippen molar-refractivity contribution in [2.75, 3.05) is 30.8 Å². The van der Waals surface area contributed by atoms with Crippen molar-refractivity contribution in [2.24, 2.45) is 0 Å². The first kappa shape index (κ1) is 21.7. The third-order valence-corrected chi connectivity index (χ3v) is 6.26. The second kappa shape index (κ2) is 8.91. The van der Waals surface area contributed by atoms with Crippen molar-refractivity contribution in [2.45, 2.75) is 75.8 Å². The van der Waals surface area contributed by atoms with E-state index < -0.39 is 5.79 Å². The first-order chi connectivity index (χ1) is 14.5. The fourth-order valence-corrected chi connectivity index (χ4v) is 4.79. The molecule has 1 aliphatic heterocycles. The summed E-state index contributed by atoms with van der Waals surface area (Å²) in [6.07, 6.45) is 1.01. The van der Waals surface area contributed by atoms with Crippen LogP contribution in [0.3, 0.4) is 0 Å². The zero-order chi connectivity index (χ0) is 21.3. The molecule has 2 N–H and O–H groups in total. The van der Waals surface area contributed by atoms with Gasteiger partial charge in [-0.05, 0) is 27.2 Å². The summed E-state index contributed by atoms with van der Waals surface area (Å²) in [5, 5.41) is 22.0. The van der Waals surface area contributed by atoms with E-state index in [9.17, 15) is 5.11 Å². The maximum Gasteiger partial charge on any atom is 0.191 e. The molecule has 0 amide bonds. The highest BCUT2D eigenvalue weighted by molar-refractivity contribution is 7.99. The predicted octanol–water partition coefficient (Wildman–Crippen LogP) is 2.00. The molecule has 10 nitrogen and oxygen atoms in total. The third-order valence-electron chi connectivity index (χ3n) is 5.20. The van der Waals surface area contributed by atoms with Gasteiger partial charge in [-0.1, -0.05) is 23.9 Å². The van der Waals surface area contributed by atoms with Crippen molar-refractivity contribution < 1.29 is 19.3 Å². The summed E-state index contributed by atoms with van der Waals surface area (Å²) in [6, 6.07) is -0.140. The van der Waals surface area contributed by atoms with Crippen LogP contribution in [0.4, 0.5) is 5.82 Å². The van der Waals surface area contributed by atoms with E-state index in [1.165, 1.54) is 0 Å². The van der Waals surface area contributed by atoms with Crippen molar-refractivity contribution >= 4 is 28.7 Å². The Morgan fingerprint density at radius 1 is 1.27 bits per heavy atom. The Morgan fingerprint density at radius 3 is 2.80 bits per heavy atom. The minimum absolute atomic E-state index is 0.0354. The number of nitrogens with one attached hydrogen (secondary N) is 1. The molecule has 0 aromatic carbocycles. The van der Waals surface area contributed by atoms with Crippen LogP contribution in [0.5, 0.6) is 0 Å². The van der Waals surface area contributed by atoms with Crippen LogP contribution >= 0.6 is 11.8 Å². The minimum atomic E-state index is -0.711. The van der Waals surface area contributed by atoms with Gasteiger partial charge in [0.1, 0.15) is 12.2 Å². The van der Waals surface area contributed by atoms with Crippen molar-refractivity contribution in [3.05, 3.63) is 0 Å². The van der Waals surface area contributed by atoms with E-state index in [-0.39, 0.29) is 37.6 Å². The molecule has 2 aliphatic rings. The fraction of sp³-hybridized carbons (Fsp3) is 0.789. The zero-order valence-corrected chi connectivity index (χ0v) is 18.7. The number of ether oxygens (including phenoxy) is 3. The van der Waals surface area contributed by atoms with Gasteiger partial charge in [-0.15, -0.1) is 5.10 Å².